The maximum Gasteiger partial charge on any atom is 0.129 e. The maximum absolute atomic E-state index is 8.78. The zero-order valence-corrected chi connectivity index (χ0v) is 9.24. The Kier molecular flexibility index (Phi) is 4.41. The zero-order chi connectivity index (χ0) is 12.0. The third-order valence-electron chi connectivity index (χ3n) is 1.84. The highest BCUT2D eigenvalue weighted by atomic mass is 32.2. The van der Waals surface area contributed by atoms with Crippen LogP contribution in [0, 0.1) is 22.7 Å². The average Bonchev–Trinajstić information content (AvgIpc) is 2.31. The minimum absolute atomic E-state index is 0.232. The summed E-state index contributed by atoms with van der Waals surface area (Å²) in [6, 6.07) is 10.1. The molecule has 0 fully saturated rings. The second kappa shape index (κ2) is 5.82. The van der Waals surface area contributed by atoms with E-state index in [2.05, 4.69) is 0 Å². The van der Waals surface area contributed by atoms with E-state index in [4.69, 9.17) is 22.0 Å². The largest absolute Gasteiger partial charge is 0.398 e. The van der Waals surface area contributed by atoms with Gasteiger partial charge in [-0.1, -0.05) is 23.9 Å². The highest BCUT2D eigenvalue weighted by Gasteiger charge is 2.07. The molecule has 1 aromatic rings. The third kappa shape index (κ3) is 3.03. The number of nitrogen functional groups attached to an aromatic ring is 1. The standard InChI is InChI=1S/C11H10N4S/c12-5-8(10(15)6-13)7-16-11-4-2-1-3-9(11)14/h1-4,7,10H,14-15H2. The van der Waals surface area contributed by atoms with Crippen LogP contribution in [0.15, 0.2) is 40.1 Å². The molecule has 1 atom stereocenters. The first-order chi connectivity index (χ1) is 7.69. The highest BCUT2D eigenvalue weighted by Crippen LogP contribution is 2.26. The van der Waals surface area contributed by atoms with E-state index in [0.29, 0.717) is 5.69 Å². The molecule has 80 valence electrons. The Bertz CT molecular complexity index is 481. The molecule has 0 bridgehead atoms. The Hall–Kier alpha value is -1.95. The fraction of sp³-hybridized carbons (Fsp3) is 0.0909. The van der Waals surface area contributed by atoms with E-state index >= 15 is 0 Å². The summed E-state index contributed by atoms with van der Waals surface area (Å²) in [6.45, 7) is 0. The number of para-hydroxylation sites is 1. The van der Waals surface area contributed by atoms with Crippen molar-refractivity contribution in [2.75, 3.05) is 5.73 Å². The minimum atomic E-state index is -0.887. The summed E-state index contributed by atoms with van der Waals surface area (Å²) >= 11 is 1.28. The van der Waals surface area contributed by atoms with Gasteiger partial charge in [0.1, 0.15) is 6.04 Å². The van der Waals surface area contributed by atoms with Crippen molar-refractivity contribution in [2.24, 2.45) is 5.73 Å². The lowest BCUT2D eigenvalue weighted by Crippen LogP contribution is -2.18. The molecule has 0 saturated carbocycles. The zero-order valence-electron chi connectivity index (χ0n) is 8.42. The molecule has 0 heterocycles. The topological polar surface area (TPSA) is 99.6 Å². The lowest BCUT2D eigenvalue weighted by atomic mass is 10.2. The summed E-state index contributed by atoms with van der Waals surface area (Å²) in [5, 5.41) is 18.9. The molecular formula is C11H10N4S. The van der Waals surface area contributed by atoms with Crippen LogP contribution >= 0.6 is 11.8 Å². The van der Waals surface area contributed by atoms with E-state index in [1.807, 2.05) is 30.3 Å². The van der Waals surface area contributed by atoms with Crippen LogP contribution in [0.3, 0.4) is 0 Å². The molecule has 0 aliphatic rings. The predicted octanol–water partition coefficient (Wildman–Crippen LogP) is 1.62. The molecule has 16 heavy (non-hydrogen) atoms. The lowest BCUT2D eigenvalue weighted by molar-refractivity contribution is 0.999. The Morgan fingerprint density at radius 1 is 1.38 bits per heavy atom. The Morgan fingerprint density at radius 3 is 2.62 bits per heavy atom. The summed E-state index contributed by atoms with van der Waals surface area (Å²) in [4.78, 5) is 0.834. The van der Waals surface area contributed by atoms with Crippen molar-refractivity contribution in [3.63, 3.8) is 0 Å². The molecule has 0 saturated heterocycles. The maximum atomic E-state index is 8.78. The molecule has 1 unspecified atom stereocenters. The Balaban J connectivity index is 2.85. The first kappa shape index (κ1) is 12.1. The van der Waals surface area contributed by atoms with Gasteiger partial charge in [-0.25, -0.2) is 0 Å². The first-order valence-corrected chi connectivity index (χ1v) is 5.33. The number of hydrogen-bond donors (Lipinski definition) is 2. The monoisotopic (exact) mass is 230 g/mol. The molecule has 0 radical (unpaired) electrons. The highest BCUT2D eigenvalue weighted by molar-refractivity contribution is 8.02. The van der Waals surface area contributed by atoms with Crippen LogP contribution in [0.5, 0.6) is 0 Å². The van der Waals surface area contributed by atoms with E-state index in [1.54, 1.807) is 11.5 Å². The molecule has 1 aromatic carbocycles. The van der Waals surface area contributed by atoms with E-state index in [9.17, 15) is 0 Å². The predicted molar refractivity (Wildman–Crippen MR) is 64.0 cm³/mol. The molecule has 0 aliphatic carbocycles. The molecule has 0 aliphatic heterocycles. The fourth-order valence-corrected chi connectivity index (χ4v) is 1.77. The fourth-order valence-electron chi connectivity index (χ4n) is 0.954. The SMILES string of the molecule is N#CC(=CSc1ccccc1N)C(N)C#N. The van der Waals surface area contributed by atoms with Gasteiger partial charge < -0.3 is 11.5 Å². The average molecular weight is 230 g/mol. The van der Waals surface area contributed by atoms with Gasteiger partial charge in [0.15, 0.2) is 0 Å². The second-order valence-corrected chi connectivity index (χ2v) is 3.86. The molecule has 4 nitrogen and oxygen atoms in total. The van der Waals surface area contributed by atoms with Gasteiger partial charge in [-0.3, -0.25) is 0 Å². The first-order valence-electron chi connectivity index (χ1n) is 4.45. The van der Waals surface area contributed by atoms with Crippen molar-refractivity contribution in [2.45, 2.75) is 10.9 Å². The number of nitrogens with zero attached hydrogens (tertiary/aromatic N) is 2. The Morgan fingerprint density at radius 2 is 2.06 bits per heavy atom. The molecule has 0 amide bonds. The van der Waals surface area contributed by atoms with E-state index in [-0.39, 0.29) is 5.57 Å². The minimum Gasteiger partial charge on any atom is -0.398 e. The molecule has 1 rings (SSSR count). The van der Waals surface area contributed by atoms with Crippen molar-refractivity contribution in [3.8, 4) is 12.1 Å². The van der Waals surface area contributed by atoms with Gasteiger partial charge in [-0.15, -0.1) is 0 Å². The summed E-state index contributed by atoms with van der Waals surface area (Å²) in [5.74, 6) is 0. The Labute approximate surface area is 98.2 Å². The van der Waals surface area contributed by atoms with Crippen molar-refractivity contribution in [3.05, 3.63) is 35.2 Å². The van der Waals surface area contributed by atoms with Crippen LogP contribution in [-0.2, 0) is 0 Å². The summed E-state index contributed by atoms with van der Waals surface area (Å²) in [5.41, 5.74) is 12.0. The van der Waals surface area contributed by atoms with E-state index in [0.717, 1.165) is 4.90 Å². The van der Waals surface area contributed by atoms with Crippen LogP contribution in [-0.4, -0.2) is 6.04 Å². The van der Waals surface area contributed by atoms with Crippen molar-refractivity contribution in [1.82, 2.24) is 0 Å². The number of nitriles is 2. The molecular weight excluding hydrogens is 220 g/mol. The van der Waals surface area contributed by atoms with Crippen LogP contribution in [0.2, 0.25) is 0 Å². The van der Waals surface area contributed by atoms with Crippen molar-refractivity contribution in [1.29, 1.82) is 10.5 Å². The van der Waals surface area contributed by atoms with Gasteiger partial charge in [0.2, 0.25) is 0 Å². The lowest BCUT2D eigenvalue weighted by Gasteiger charge is -2.02. The number of rotatable bonds is 3. The van der Waals surface area contributed by atoms with Crippen LogP contribution < -0.4 is 11.5 Å². The van der Waals surface area contributed by atoms with Gasteiger partial charge >= 0.3 is 0 Å². The van der Waals surface area contributed by atoms with Crippen LogP contribution in [0.4, 0.5) is 5.69 Å². The third-order valence-corrected chi connectivity index (χ3v) is 2.83. The summed E-state index contributed by atoms with van der Waals surface area (Å²) < 4.78 is 0. The number of nitrogens with two attached hydrogens (primary N) is 2. The van der Waals surface area contributed by atoms with E-state index < -0.39 is 6.04 Å². The second-order valence-electron chi connectivity index (χ2n) is 2.95. The normalized spacial score (nSPS) is 12.6. The van der Waals surface area contributed by atoms with E-state index in [1.165, 1.54) is 11.8 Å². The molecule has 4 N–H and O–H groups in total. The molecule has 0 aromatic heterocycles. The van der Waals surface area contributed by atoms with Gasteiger partial charge in [-0.05, 0) is 17.5 Å². The van der Waals surface area contributed by atoms with Crippen LogP contribution in [0.1, 0.15) is 0 Å². The molecule has 0 spiro atoms. The van der Waals surface area contributed by atoms with Crippen molar-refractivity contribution >= 4 is 17.4 Å². The van der Waals surface area contributed by atoms with Crippen LogP contribution in [0.25, 0.3) is 0 Å². The number of benzene rings is 1. The van der Waals surface area contributed by atoms with Gasteiger partial charge in [0.05, 0.1) is 17.7 Å². The quantitative estimate of drug-likeness (QED) is 0.467. The van der Waals surface area contributed by atoms with Gasteiger partial charge in [0.25, 0.3) is 0 Å². The number of thioether (sulfide) groups is 1. The van der Waals surface area contributed by atoms with Gasteiger partial charge in [0, 0.05) is 10.6 Å². The van der Waals surface area contributed by atoms with Crippen molar-refractivity contribution < 1.29 is 0 Å². The van der Waals surface area contributed by atoms with Gasteiger partial charge in [-0.2, -0.15) is 10.5 Å². The molecule has 5 heteroatoms. The smallest absolute Gasteiger partial charge is 0.129 e. The summed E-state index contributed by atoms with van der Waals surface area (Å²) in [6.07, 6.45) is 0. The summed E-state index contributed by atoms with van der Waals surface area (Å²) in [7, 11) is 0. The number of hydrogen-bond acceptors (Lipinski definition) is 5. The number of anilines is 1.